The summed E-state index contributed by atoms with van der Waals surface area (Å²) in [6, 6.07) is 34.6. The average molecular weight is 505 g/mol. The summed E-state index contributed by atoms with van der Waals surface area (Å²) in [4.78, 5) is 12.7. The van der Waals surface area contributed by atoms with Crippen molar-refractivity contribution in [1.82, 2.24) is 5.43 Å². The van der Waals surface area contributed by atoms with E-state index in [0.717, 1.165) is 27.5 Å². The van der Waals surface area contributed by atoms with Gasteiger partial charge in [0.2, 0.25) is 0 Å². The van der Waals surface area contributed by atoms with Gasteiger partial charge >= 0.3 is 0 Å². The van der Waals surface area contributed by atoms with Crippen LogP contribution in [0.1, 0.15) is 27.0 Å². The zero-order valence-corrected chi connectivity index (χ0v) is 20.5. The topological polar surface area (TPSA) is 59.9 Å². The summed E-state index contributed by atoms with van der Waals surface area (Å²) in [5.41, 5.74) is 5.69. The fraction of sp³-hybridized carbons (Fsp3) is 0.0625. The number of rotatable bonds is 9. The number of hydrogen-bond acceptors (Lipinski definition) is 4. The van der Waals surface area contributed by atoms with Gasteiger partial charge in [-0.25, -0.2) is 9.82 Å². The molecule has 6 heteroatoms. The van der Waals surface area contributed by atoms with Gasteiger partial charge in [0.25, 0.3) is 5.91 Å². The lowest BCUT2D eigenvalue weighted by Crippen LogP contribution is -2.17. The Morgan fingerprint density at radius 2 is 1.42 bits per heavy atom. The van der Waals surface area contributed by atoms with Crippen LogP contribution in [0.2, 0.25) is 0 Å². The van der Waals surface area contributed by atoms with Crippen LogP contribution in [0.5, 0.6) is 11.5 Å². The smallest absolute Gasteiger partial charge is 0.271 e. The van der Waals surface area contributed by atoms with E-state index in [0.29, 0.717) is 23.7 Å². The monoisotopic (exact) mass is 504 g/mol. The summed E-state index contributed by atoms with van der Waals surface area (Å²) in [5, 5.41) is 6.16. The van der Waals surface area contributed by atoms with Gasteiger partial charge in [-0.1, -0.05) is 72.8 Å². The van der Waals surface area contributed by atoms with Crippen molar-refractivity contribution in [1.29, 1.82) is 0 Å². The van der Waals surface area contributed by atoms with E-state index < -0.39 is 0 Å². The second-order valence-electron chi connectivity index (χ2n) is 8.61. The van der Waals surface area contributed by atoms with Crippen LogP contribution >= 0.6 is 0 Å². The molecule has 0 spiro atoms. The number of carbonyl (C=O) groups is 1. The molecule has 1 amide bonds. The third kappa shape index (κ3) is 6.23. The van der Waals surface area contributed by atoms with Crippen molar-refractivity contribution in [3.8, 4) is 11.5 Å². The third-order valence-electron chi connectivity index (χ3n) is 5.96. The normalized spacial score (nSPS) is 11.0. The van der Waals surface area contributed by atoms with Gasteiger partial charge in [0.15, 0.2) is 0 Å². The minimum absolute atomic E-state index is 0.268. The maximum Gasteiger partial charge on any atom is 0.271 e. The second kappa shape index (κ2) is 11.8. The molecule has 188 valence electrons. The maximum atomic E-state index is 13.2. The molecule has 0 fully saturated rings. The minimum atomic E-state index is -0.343. The first kappa shape index (κ1) is 24.7. The zero-order chi connectivity index (χ0) is 26.2. The van der Waals surface area contributed by atoms with Crippen molar-refractivity contribution in [2.24, 2.45) is 5.10 Å². The fourth-order valence-corrected chi connectivity index (χ4v) is 3.94. The molecule has 5 nitrogen and oxygen atoms in total. The van der Waals surface area contributed by atoms with Crippen LogP contribution in [0.25, 0.3) is 10.8 Å². The average Bonchev–Trinajstić information content (AvgIpc) is 2.97. The number of halogens is 1. The number of benzene rings is 5. The van der Waals surface area contributed by atoms with E-state index in [-0.39, 0.29) is 18.3 Å². The van der Waals surface area contributed by atoms with E-state index in [1.54, 1.807) is 42.6 Å². The van der Waals surface area contributed by atoms with Crippen molar-refractivity contribution in [2.45, 2.75) is 13.2 Å². The van der Waals surface area contributed by atoms with Crippen molar-refractivity contribution in [2.75, 3.05) is 0 Å². The molecule has 0 radical (unpaired) electrons. The van der Waals surface area contributed by atoms with Crippen LogP contribution < -0.4 is 14.9 Å². The minimum Gasteiger partial charge on any atom is -0.489 e. The van der Waals surface area contributed by atoms with Crippen molar-refractivity contribution in [3.63, 3.8) is 0 Å². The highest BCUT2D eigenvalue weighted by Gasteiger charge is 2.09. The van der Waals surface area contributed by atoms with Gasteiger partial charge in [-0.2, -0.15) is 5.10 Å². The number of hydrogen-bond donors (Lipinski definition) is 1. The molecule has 0 aliphatic heterocycles. The molecule has 38 heavy (non-hydrogen) atoms. The standard InChI is InChI=1S/C32H25FN2O3/c33-27-15-10-24(11-16-27)22-38-31-19-14-25-8-4-5-9-29(25)30(31)20-34-35-32(36)26-12-17-28(18-13-26)37-21-23-6-2-1-3-7-23/h1-20H,21-22H2,(H,35,36)/b34-20-. The fourth-order valence-electron chi connectivity index (χ4n) is 3.94. The first-order valence-corrected chi connectivity index (χ1v) is 12.1. The summed E-state index contributed by atoms with van der Waals surface area (Å²) in [7, 11) is 0. The molecule has 5 aromatic carbocycles. The Kier molecular flexibility index (Phi) is 7.70. The van der Waals surface area contributed by atoms with Gasteiger partial charge in [0.05, 0.1) is 6.21 Å². The lowest BCUT2D eigenvalue weighted by atomic mass is 10.0. The highest BCUT2D eigenvalue weighted by Crippen LogP contribution is 2.27. The summed E-state index contributed by atoms with van der Waals surface area (Å²) >= 11 is 0. The van der Waals surface area contributed by atoms with Crippen LogP contribution in [-0.4, -0.2) is 12.1 Å². The molecule has 0 atom stereocenters. The Bertz CT molecular complexity index is 1550. The van der Waals surface area contributed by atoms with E-state index in [9.17, 15) is 9.18 Å². The molecule has 0 saturated carbocycles. The second-order valence-corrected chi connectivity index (χ2v) is 8.61. The summed E-state index contributed by atoms with van der Waals surface area (Å²) in [6.45, 7) is 0.720. The van der Waals surface area contributed by atoms with Gasteiger partial charge in [0, 0.05) is 11.1 Å². The van der Waals surface area contributed by atoms with Crippen LogP contribution in [0, 0.1) is 5.82 Å². The molecular formula is C32H25FN2O3. The van der Waals surface area contributed by atoms with E-state index in [2.05, 4.69) is 10.5 Å². The van der Waals surface area contributed by atoms with Gasteiger partial charge in [-0.3, -0.25) is 4.79 Å². The molecular weight excluding hydrogens is 479 g/mol. The zero-order valence-electron chi connectivity index (χ0n) is 20.5. The number of nitrogens with one attached hydrogen (secondary N) is 1. The predicted molar refractivity (Wildman–Crippen MR) is 147 cm³/mol. The Morgan fingerprint density at radius 3 is 2.21 bits per heavy atom. The highest BCUT2D eigenvalue weighted by atomic mass is 19.1. The van der Waals surface area contributed by atoms with E-state index >= 15 is 0 Å². The molecule has 0 saturated heterocycles. The third-order valence-corrected chi connectivity index (χ3v) is 5.96. The molecule has 0 unspecified atom stereocenters. The van der Waals surface area contributed by atoms with Gasteiger partial charge < -0.3 is 9.47 Å². The largest absolute Gasteiger partial charge is 0.489 e. The van der Waals surface area contributed by atoms with Gasteiger partial charge in [-0.05, 0) is 64.4 Å². The molecule has 5 aromatic rings. The molecule has 5 rings (SSSR count). The lowest BCUT2D eigenvalue weighted by molar-refractivity contribution is 0.0955. The predicted octanol–water partition coefficient (Wildman–Crippen LogP) is 6.90. The number of carbonyl (C=O) groups excluding carboxylic acids is 1. The molecule has 1 N–H and O–H groups in total. The number of ether oxygens (including phenoxy) is 2. The lowest BCUT2D eigenvalue weighted by Gasteiger charge is -2.12. The highest BCUT2D eigenvalue weighted by molar-refractivity contribution is 6.03. The SMILES string of the molecule is O=C(N/N=C\c1c(OCc2ccc(F)cc2)ccc2ccccc12)c1ccc(OCc2ccccc2)cc1. The van der Waals surface area contributed by atoms with Crippen molar-refractivity contribution >= 4 is 22.9 Å². The number of hydrazone groups is 1. The van der Waals surface area contributed by atoms with E-state index in [4.69, 9.17) is 9.47 Å². The van der Waals surface area contributed by atoms with Gasteiger partial charge in [0.1, 0.15) is 30.5 Å². The quantitative estimate of drug-likeness (QED) is 0.175. The first-order valence-electron chi connectivity index (χ1n) is 12.1. The van der Waals surface area contributed by atoms with Crippen LogP contribution in [-0.2, 0) is 13.2 Å². The Hall–Kier alpha value is -4.97. The summed E-state index contributed by atoms with van der Waals surface area (Å²) in [5.74, 6) is 0.640. The van der Waals surface area contributed by atoms with Gasteiger partial charge in [-0.15, -0.1) is 0 Å². The molecule has 0 heterocycles. The number of amides is 1. The molecule has 0 aromatic heterocycles. The molecule has 0 aliphatic carbocycles. The van der Waals surface area contributed by atoms with E-state index in [1.165, 1.54) is 12.1 Å². The van der Waals surface area contributed by atoms with E-state index in [1.807, 2.05) is 66.7 Å². The van der Waals surface area contributed by atoms with Crippen LogP contribution in [0.4, 0.5) is 4.39 Å². The van der Waals surface area contributed by atoms with Crippen molar-refractivity contribution < 1.29 is 18.7 Å². The Balaban J connectivity index is 1.26. The number of nitrogens with zero attached hydrogens (tertiary/aromatic N) is 1. The van der Waals surface area contributed by atoms with Crippen LogP contribution in [0.15, 0.2) is 120 Å². The van der Waals surface area contributed by atoms with Crippen LogP contribution in [0.3, 0.4) is 0 Å². The molecule has 0 aliphatic rings. The summed E-state index contributed by atoms with van der Waals surface area (Å²) < 4.78 is 25.1. The number of fused-ring (bicyclic) bond motifs is 1. The van der Waals surface area contributed by atoms with Crippen molar-refractivity contribution in [3.05, 3.63) is 143 Å². The first-order chi connectivity index (χ1) is 18.7. The Labute approximate surface area is 220 Å². The maximum absolute atomic E-state index is 13.2. The molecule has 0 bridgehead atoms. The summed E-state index contributed by atoms with van der Waals surface area (Å²) in [6.07, 6.45) is 1.58. The Morgan fingerprint density at radius 1 is 0.737 bits per heavy atom.